The highest BCUT2D eigenvalue weighted by Crippen LogP contribution is 2.35. The maximum Gasteiger partial charge on any atom is 0.119 e. The van der Waals surface area contributed by atoms with Gasteiger partial charge in [0.25, 0.3) is 0 Å². The van der Waals surface area contributed by atoms with Crippen LogP contribution in [0.4, 0.5) is 0 Å². The van der Waals surface area contributed by atoms with Gasteiger partial charge in [-0.05, 0) is 43.9 Å². The van der Waals surface area contributed by atoms with Crippen molar-refractivity contribution in [3.05, 3.63) is 29.8 Å². The van der Waals surface area contributed by atoms with E-state index in [1.807, 2.05) is 6.07 Å². The summed E-state index contributed by atoms with van der Waals surface area (Å²) in [4.78, 5) is 2.61. The normalized spacial score (nSPS) is 25.5. The summed E-state index contributed by atoms with van der Waals surface area (Å²) in [6.45, 7) is 5.25. The summed E-state index contributed by atoms with van der Waals surface area (Å²) in [5, 5.41) is 0. The zero-order valence-electron chi connectivity index (χ0n) is 12.3. The molecule has 0 aromatic heterocycles. The van der Waals surface area contributed by atoms with E-state index >= 15 is 0 Å². The SMILES string of the molecule is CCC1CCC(C)N1C(CN)c1cccc(OC)c1. The van der Waals surface area contributed by atoms with Crippen LogP contribution >= 0.6 is 0 Å². The molecule has 0 radical (unpaired) electrons. The Morgan fingerprint density at radius 2 is 2.21 bits per heavy atom. The first-order valence-electron chi connectivity index (χ1n) is 7.32. The number of methoxy groups -OCH3 is 1. The van der Waals surface area contributed by atoms with Crippen LogP contribution in [0.1, 0.15) is 44.7 Å². The van der Waals surface area contributed by atoms with E-state index in [0.717, 1.165) is 5.75 Å². The minimum atomic E-state index is 0.303. The quantitative estimate of drug-likeness (QED) is 0.886. The van der Waals surface area contributed by atoms with Crippen LogP contribution in [0.15, 0.2) is 24.3 Å². The summed E-state index contributed by atoms with van der Waals surface area (Å²) in [5.41, 5.74) is 7.35. The molecule has 3 atom stereocenters. The Morgan fingerprint density at radius 3 is 2.84 bits per heavy atom. The van der Waals surface area contributed by atoms with Crippen molar-refractivity contribution in [1.29, 1.82) is 0 Å². The molecule has 0 amide bonds. The molecule has 0 spiro atoms. The number of hydrogen-bond acceptors (Lipinski definition) is 3. The van der Waals surface area contributed by atoms with Gasteiger partial charge in [0.2, 0.25) is 0 Å². The van der Waals surface area contributed by atoms with Gasteiger partial charge in [0, 0.05) is 24.7 Å². The van der Waals surface area contributed by atoms with Gasteiger partial charge in [0.15, 0.2) is 0 Å². The molecule has 1 aliphatic rings. The van der Waals surface area contributed by atoms with E-state index < -0.39 is 0 Å². The predicted octanol–water partition coefficient (Wildman–Crippen LogP) is 2.96. The van der Waals surface area contributed by atoms with Crippen molar-refractivity contribution in [1.82, 2.24) is 4.90 Å². The van der Waals surface area contributed by atoms with Crippen LogP contribution in [0.25, 0.3) is 0 Å². The molecule has 1 aromatic carbocycles. The van der Waals surface area contributed by atoms with Gasteiger partial charge in [-0.15, -0.1) is 0 Å². The smallest absolute Gasteiger partial charge is 0.119 e. The third-order valence-electron chi connectivity index (χ3n) is 4.38. The predicted molar refractivity (Wildman–Crippen MR) is 79.4 cm³/mol. The second kappa shape index (κ2) is 6.40. The fourth-order valence-electron chi connectivity index (χ4n) is 3.35. The molecule has 0 bridgehead atoms. The Hall–Kier alpha value is -1.06. The highest BCUT2D eigenvalue weighted by Gasteiger charge is 2.34. The lowest BCUT2D eigenvalue weighted by Gasteiger charge is -2.35. The first kappa shape index (κ1) is 14.4. The van der Waals surface area contributed by atoms with Crippen LogP contribution in [-0.2, 0) is 0 Å². The number of benzene rings is 1. The molecule has 3 unspecified atom stereocenters. The van der Waals surface area contributed by atoms with Gasteiger partial charge >= 0.3 is 0 Å². The highest BCUT2D eigenvalue weighted by molar-refractivity contribution is 5.31. The number of nitrogens with zero attached hydrogens (tertiary/aromatic N) is 1. The molecule has 2 N–H and O–H groups in total. The fourth-order valence-corrected chi connectivity index (χ4v) is 3.35. The van der Waals surface area contributed by atoms with Crippen LogP contribution in [-0.4, -0.2) is 30.6 Å². The minimum Gasteiger partial charge on any atom is -0.497 e. The van der Waals surface area contributed by atoms with Crippen LogP contribution < -0.4 is 10.5 Å². The molecule has 0 aliphatic carbocycles. The van der Waals surface area contributed by atoms with Gasteiger partial charge in [-0.1, -0.05) is 19.1 Å². The lowest BCUT2D eigenvalue weighted by Crippen LogP contribution is -2.41. The lowest BCUT2D eigenvalue weighted by atomic mass is 10.0. The average molecular weight is 262 g/mol. The maximum absolute atomic E-state index is 6.07. The number of hydrogen-bond donors (Lipinski definition) is 1. The number of rotatable bonds is 5. The standard InChI is InChI=1S/C16H26N2O/c1-4-14-9-8-12(2)18(14)16(11-17)13-6-5-7-15(10-13)19-3/h5-7,10,12,14,16H,4,8-9,11,17H2,1-3H3. The largest absolute Gasteiger partial charge is 0.497 e. The zero-order chi connectivity index (χ0) is 13.8. The molecule has 1 heterocycles. The molecule has 3 nitrogen and oxygen atoms in total. The average Bonchev–Trinajstić information content (AvgIpc) is 2.82. The lowest BCUT2D eigenvalue weighted by molar-refractivity contribution is 0.136. The summed E-state index contributed by atoms with van der Waals surface area (Å²) in [6.07, 6.45) is 3.77. The Morgan fingerprint density at radius 1 is 1.42 bits per heavy atom. The molecule has 1 saturated heterocycles. The topological polar surface area (TPSA) is 38.5 Å². The molecular weight excluding hydrogens is 236 g/mol. The molecule has 19 heavy (non-hydrogen) atoms. The first-order valence-corrected chi connectivity index (χ1v) is 7.32. The van der Waals surface area contributed by atoms with E-state index in [4.69, 9.17) is 10.5 Å². The van der Waals surface area contributed by atoms with E-state index in [2.05, 4.69) is 36.9 Å². The van der Waals surface area contributed by atoms with Gasteiger partial charge in [0.05, 0.1) is 7.11 Å². The Bertz CT molecular complexity index is 407. The maximum atomic E-state index is 6.07. The van der Waals surface area contributed by atoms with Gasteiger partial charge in [-0.25, -0.2) is 0 Å². The van der Waals surface area contributed by atoms with Crippen molar-refractivity contribution in [2.24, 2.45) is 5.73 Å². The van der Waals surface area contributed by atoms with Crippen molar-refractivity contribution in [2.45, 2.75) is 51.2 Å². The second-order valence-electron chi connectivity index (χ2n) is 5.46. The van der Waals surface area contributed by atoms with Crippen molar-refractivity contribution in [3.63, 3.8) is 0 Å². The zero-order valence-corrected chi connectivity index (χ0v) is 12.3. The van der Waals surface area contributed by atoms with Crippen LogP contribution in [0.2, 0.25) is 0 Å². The third kappa shape index (κ3) is 2.93. The summed E-state index contributed by atoms with van der Waals surface area (Å²) < 4.78 is 5.33. The molecular formula is C16H26N2O. The van der Waals surface area contributed by atoms with E-state index in [1.54, 1.807) is 7.11 Å². The number of nitrogens with two attached hydrogens (primary N) is 1. The number of ether oxygens (including phenoxy) is 1. The highest BCUT2D eigenvalue weighted by atomic mass is 16.5. The number of likely N-dealkylation sites (tertiary alicyclic amines) is 1. The molecule has 1 aromatic rings. The monoisotopic (exact) mass is 262 g/mol. The van der Waals surface area contributed by atoms with Crippen molar-refractivity contribution < 1.29 is 4.74 Å². The Kier molecular flexibility index (Phi) is 4.83. The molecule has 1 aliphatic heterocycles. The van der Waals surface area contributed by atoms with Gasteiger partial charge in [0.1, 0.15) is 5.75 Å². The van der Waals surface area contributed by atoms with Crippen LogP contribution in [0.3, 0.4) is 0 Å². The molecule has 106 valence electrons. The van der Waals surface area contributed by atoms with E-state index in [-0.39, 0.29) is 0 Å². The second-order valence-corrected chi connectivity index (χ2v) is 5.46. The van der Waals surface area contributed by atoms with E-state index in [1.165, 1.54) is 24.8 Å². The van der Waals surface area contributed by atoms with Crippen molar-refractivity contribution >= 4 is 0 Å². The first-order chi connectivity index (χ1) is 9.21. The van der Waals surface area contributed by atoms with Crippen LogP contribution in [0, 0.1) is 0 Å². The van der Waals surface area contributed by atoms with Crippen molar-refractivity contribution in [3.8, 4) is 5.75 Å². The van der Waals surface area contributed by atoms with Gasteiger partial charge < -0.3 is 10.5 Å². The third-order valence-corrected chi connectivity index (χ3v) is 4.38. The Balaban J connectivity index is 2.27. The van der Waals surface area contributed by atoms with E-state index in [9.17, 15) is 0 Å². The van der Waals surface area contributed by atoms with Gasteiger partial charge in [-0.3, -0.25) is 4.90 Å². The van der Waals surface area contributed by atoms with E-state index in [0.29, 0.717) is 24.7 Å². The summed E-state index contributed by atoms with van der Waals surface area (Å²) in [7, 11) is 1.71. The fraction of sp³-hybridized carbons (Fsp3) is 0.625. The molecule has 1 fully saturated rings. The summed E-state index contributed by atoms with van der Waals surface area (Å²) in [5.74, 6) is 0.913. The molecule has 2 rings (SSSR count). The van der Waals surface area contributed by atoms with Gasteiger partial charge in [-0.2, -0.15) is 0 Å². The summed E-state index contributed by atoms with van der Waals surface area (Å²) in [6, 6.07) is 9.91. The minimum absolute atomic E-state index is 0.303. The molecule has 3 heteroatoms. The Labute approximate surface area is 116 Å². The summed E-state index contributed by atoms with van der Waals surface area (Å²) >= 11 is 0. The van der Waals surface area contributed by atoms with Crippen molar-refractivity contribution in [2.75, 3.05) is 13.7 Å². The molecule has 0 saturated carbocycles. The van der Waals surface area contributed by atoms with Crippen LogP contribution in [0.5, 0.6) is 5.75 Å².